The maximum atomic E-state index is 9.86. The Balaban J connectivity index is 2.04. The van der Waals surface area contributed by atoms with Crippen LogP contribution in [0.4, 0.5) is 0 Å². The van der Waals surface area contributed by atoms with Crippen LogP contribution < -0.4 is 5.73 Å². The molecule has 106 valence electrons. The molecule has 2 unspecified atom stereocenters. The first-order valence-corrected chi connectivity index (χ1v) is 6.19. The van der Waals surface area contributed by atoms with E-state index < -0.39 is 30.5 Å². The molecular weight excluding hydrogens is 250 g/mol. The molecule has 0 saturated carbocycles. The summed E-state index contributed by atoms with van der Waals surface area (Å²) in [6, 6.07) is 5.98. The Labute approximate surface area is 111 Å². The molecule has 6 N–H and O–H groups in total. The second-order valence-electron chi connectivity index (χ2n) is 4.88. The molecule has 1 aromatic carbocycles. The molecule has 6 heteroatoms. The van der Waals surface area contributed by atoms with Crippen LogP contribution in [0, 0.1) is 5.92 Å². The SMILES string of the molecule is NC(C[C@H]1C(O)OC[C@H](O)[C@@H]1O)c1ccc(O)cc1. The normalized spacial score (nSPS) is 33.1. The summed E-state index contributed by atoms with van der Waals surface area (Å²) in [5.41, 5.74) is 6.78. The summed E-state index contributed by atoms with van der Waals surface area (Å²) in [4.78, 5) is 0. The molecule has 0 aliphatic carbocycles. The number of ether oxygens (including phenoxy) is 1. The zero-order valence-electron chi connectivity index (χ0n) is 10.4. The maximum Gasteiger partial charge on any atom is 0.160 e. The van der Waals surface area contributed by atoms with Crippen molar-refractivity contribution in [1.29, 1.82) is 0 Å². The molecule has 1 fully saturated rings. The van der Waals surface area contributed by atoms with Crippen LogP contribution in [0.5, 0.6) is 5.75 Å². The minimum atomic E-state index is -1.14. The molecule has 5 atom stereocenters. The molecule has 1 aliphatic rings. The number of nitrogens with two attached hydrogens (primary N) is 1. The Morgan fingerprint density at radius 3 is 2.47 bits per heavy atom. The van der Waals surface area contributed by atoms with Crippen LogP contribution in [-0.4, -0.2) is 45.5 Å². The van der Waals surface area contributed by atoms with Crippen molar-refractivity contribution in [2.75, 3.05) is 6.61 Å². The van der Waals surface area contributed by atoms with Crippen molar-refractivity contribution in [3.8, 4) is 5.75 Å². The van der Waals surface area contributed by atoms with Gasteiger partial charge in [0.25, 0.3) is 0 Å². The van der Waals surface area contributed by atoms with Gasteiger partial charge in [-0.3, -0.25) is 0 Å². The van der Waals surface area contributed by atoms with E-state index in [9.17, 15) is 20.4 Å². The molecule has 19 heavy (non-hydrogen) atoms. The van der Waals surface area contributed by atoms with Gasteiger partial charge in [-0.1, -0.05) is 12.1 Å². The van der Waals surface area contributed by atoms with Gasteiger partial charge in [-0.05, 0) is 24.1 Å². The number of aliphatic hydroxyl groups is 3. The first-order valence-electron chi connectivity index (χ1n) is 6.19. The van der Waals surface area contributed by atoms with Gasteiger partial charge in [0, 0.05) is 12.0 Å². The van der Waals surface area contributed by atoms with Crippen LogP contribution in [0.2, 0.25) is 0 Å². The maximum absolute atomic E-state index is 9.86. The van der Waals surface area contributed by atoms with Crippen molar-refractivity contribution in [2.24, 2.45) is 11.7 Å². The number of hydrogen-bond donors (Lipinski definition) is 5. The predicted molar refractivity (Wildman–Crippen MR) is 67.1 cm³/mol. The average Bonchev–Trinajstić information content (AvgIpc) is 2.40. The van der Waals surface area contributed by atoms with Gasteiger partial charge in [0.05, 0.1) is 12.7 Å². The van der Waals surface area contributed by atoms with Crippen LogP contribution >= 0.6 is 0 Å². The number of phenolic OH excluding ortho intramolecular Hbond substituents is 1. The third kappa shape index (κ3) is 3.23. The highest BCUT2D eigenvalue weighted by Gasteiger charge is 2.38. The third-order valence-electron chi connectivity index (χ3n) is 3.48. The van der Waals surface area contributed by atoms with Gasteiger partial charge in [-0.25, -0.2) is 0 Å². The summed E-state index contributed by atoms with van der Waals surface area (Å²) in [6.07, 6.45) is -2.95. The predicted octanol–water partition coefficient (Wildman–Crippen LogP) is -0.531. The fraction of sp³-hybridized carbons (Fsp3) is 0.538. The van der Waals surface area contributed by atoms with Gasteiger partial charge < -0.3 is 30.9 Å². The number of benzene rings is 1. The van der Waals surface area contributed by atoms with Gasteiger partial charge in [-0.15, -0.1) is 0 Å². The van der Waals surface area contributed by atoms with E-state index in [0.717, 1.165) is 5.56 Å². The van der Waals surface area contributed by atoms with Gasteiger partial charge in [-0.2, -0.15) is 0 Å². The van der Waals surface area contributed by atoms with Crippen molar-refractivity contribution in [1.82, 2.24) is 0 Å². The Kier molecular flexibility index (Phi) is 4.38. The molecule has 1 aliphatic heterocycles. The van der Waals surface area contributed by atoms with Crippen LogP contribution in [0.1, 0.15) is 18.0 Å². The quantitative estimate of drug-likeness (QED) is 0.503. The smallest absolute Gasteiger partial charge is 0.160 e. The molecule has 1 saturated heterocycles. The van der Waals surface area contributed by atoms with E-state index in [0.29, 0.717) is 0 Å². The molecule has 0 amide bonds. The van der Waals surface area contributed by atoms with Gasteiger partial charge >= 0.3 is 0 Å². The highest BCUT2D eigenvalue weighted by atomic mass is 16.6. The lowest BCUT2D eigenvalue weighted by atomic mass is 9.87. The summed E-state index contributed by atoms with van der Waals surface area (Å²) in [7, 11) is 0. The standard InChI is InChI=1S/C13H19NO5/c14-10(7-1-3-8(15)4-2-7)5-9-12(17)11(16)6-19-13(9)18/h1-4,9-13,15-18H,5-6,14H2/t9-,10?,11+,12-,13?/m1/s1. The summed E-state index contributed by atoms with van der Waals surface area (Å²) in [6.45, 7) is -0.0900. The topological polar surface area (TPSA) is 116 Å². The Bertz CT molecular complexity index is 410. The first kappa shape index (κ1) is 14.2. The fourth-order valence-electron chi connectivity index (χ4n) is 2.28. The summed E-state index contributed by atoms with van der Waals surface area (Å²) < 4.78 is 4.98. The van der Waals surface area contributed by atoms with Crippen LogP contribution in [0.15, 0.2) is 24.3 Å². The van der Waals surface area contributed by atoms with E-state index in [4.69, 9.17) is 10.5 Å². The number of rotatable bonds is 3. The van der Waals surface area contributed by atoms with Gasteiger partial charge in [0.15, 0.2) is 6.29 Å². The number of aromatic hydroxyl groups is 1. The van der Waals surface area contributed by atoms with E-state index in [-0.39, 0.29) is 18.8 Å². The van der Waals surface area contributed by atoms with E-state index in [1.54, 1.807) is 12.1 Å². The average molecular weight is 269 g/mol. The molecule has 0 bridgehead atoms. The Hall–Kier alpha value is -1.18. The van der Waals surface area contributed by atoms with Crippen LogP contribution in [-0.2, 0) is 4.74 Å². The lowest BCUT2D eigenvalue weighted by Gasteiger charge is -2.36. The second-order valence-corrected chi connectivity index (χ2v) is 4.88. The number of hydrogen-bond acceptors (Lipinski definition) is 6. The molecule has 0 aromatic heterocycles. The van der Waals surface area contributed by atoms with Crippen molar-refractivity contribution in [3.63, 3.8) is 0 Å². The van der Waals surface area contributed by atoms with Gasteiger partial charge in [0.1, 0.15) is 11.9 Å². The van der Waals surface area contributed by atoms with E-state index in [2.05, 4.69) is 0 Å². The summed E-state index contributed by atoms with van der Waals surface area (Å²) in [5.74, 6) is -0.500. The van der Waals surface area contributed by atoms with Gasteiger partial charge in [0.2, 0.25) is 0 Å². The highest BCUT2D eigenvalue weighted by molar-refractivity contribution is 5.27. The van der Waals surface area contributed by atoms with Crippen LogP contribution in [0.3, 0.4) is 0 Å². The minimum Gasteiger partial charge on any atom is -0.508 e. The summed E-state index contributed by atoms with van der Waals surface area (Å²) in [5, 5.41) is 38.3. The Morgan fingerprint density at radius 1 is 1.21 bits per heavy atom. The zero-order chi connectivity index (χ0) is 14.0. The van der Waals surface area contributed by atoms with Crippen molar-refractivity contribution in [3.05, 3.63) is 29.8 Å². The van der Waals surface area contributed by atoms with Crippen LogP contribution in [0.25, 0.3) is 0 Å². The minimum absolute atomic E-state index is 0.0900. The van der Waals surface area contributed by atoms with E-state index in [1.807, 2.05) is 0 Å². The Morgan fingerprint density at radius 2 is 1.84 bits per heavy atom. The highest BCUT2D eigenvalue weighted by Crippen LogP contribution is 2.29. The first-order chi connectivity index (χ1) is 8.99. The molecule has 1 aromatic rings. The molecule has 0 spiro atoms. The lowest BCUT2D eigenvalue weighted by Crippen LogP contribution is -2.49. The number of aliphatic hydroxyl groups excluding tert-OH is 3. The largest absolute Gasteiger partial charge is 0.508 e. The zero-order valence-corrected chi connectivity index (χ0v) is 10.4. The molecular formula is C13H19NO5. The lowest BCUT2D eigenvalue weighted by molar-refractivity contribution is -0.232. The summed E-state index contributed by atoms with van der Waals surface area (Å²) >= 11 is 0. The van der Waals surface area contributed by atoms with Crippen molar-refractivity contribution >= 4 is 0 Å². The molecule has 1 heterocycles. The second kappa shape index (κ2) is 5.85. The van der Waals surface area contributed by atoms with E-state index >= 15 is 0 Å². The third-order valence-corrected chi connectivity index (χ3v) is 3.48. The van der Waals surface area contributed by atoms with Crippen molar-refractivity contribution in [2.45, 2.75) is 31.0 Å². The molecule has 6 nitrogen and oxygen atoms in total. The van der Waals surface area contributed by atoms with E-state index in [1.165, 1.54) is 12.1 Å². The molecule has 2 rings (SSSR count). The molecule has 0 radical (unpaired) electrons. The number of phenols is 1. The van der Waals surface area contributed by atoms with Crippen molar-refractivity contribution < 1.29 is 25.2 Å². The fourth-order valence-corrected chi connectivity index (χ4v) is 2.28. The monoisotopic (exact) mass is 269 g/mol.